The highest BCUT2D eigenvalue weighted by Gasteiger charge is 2.10. The second kappa shape index (κ2) is 4.79. The van der Waals surface area contributed by atoms with Gasteiger partial charge in [0.25, 0.3) is 0 Å². The second-order valence-electron chi connectivity index (χ2n) is 3.97. The number of aryl methyl sites for hydroxylation is 1. The van der Waals surface area contributed by atoms with E-state index in [-0.39, 0.29) is 18.1 Å². The van der Waals surface area contributed by atoms with Gasteiger partial charge in [-0.2, -0.15) is 5.10 Å². The van der Waals surface area contributed by atoms with Crippen molar-refractivity contribution in [1.82, 2.24) is 9.78 Å². The summed E-state index contributed by atoms with van der Waals surface area (Å²) in [5.74, 6) is 0.399. The van der Waals surface area contributed by atoms with Crippen LogP contribution in [0.1, 0.15) is 5.56 Å². The van der Waals surface area contributed by atoms with E-state index in [0.717, 1.165) is 5.56 Å². The first-order chi connectivity index (χ1) is 8.56. The van der Waals surface area contributed by atoms with Crippen LogP contribution in [0.3, 0.4) is 0 Å². The molecule has 0 aliphatic heterocycles. The lowest BCUT2D eigenvalue weighted by Gasteiger charge is -2.06. The molecular weight excluding hydrogens is 232 g/mol. The van der Waals surface area contributed by atoms with Gasteiger partial charge in [0.1, 0.15) is 5.75 Å². The number of amides is 1. The molecule has 18 heavy (non-hydrogen) atoms. The van der Waals surface area contributed by atoms with E-state index < -0.39 is 0 Å². The van der Waals surface area contributed by atoms with Crippen molar-refractivity contribution in [2.75, 3.05) is 11.1 Å². The standard InChI is InChI=1S/C12H14N4O2/c1-16-12(10(13)7-14-16)15-11(18)6-8-3-2-4-9(17)5-8/h2-5,7,17H,6,13H2,1H3,(H,15,18). The normalized spacial score (nSPS) is 10.3. The number of anilines is 2. The number of phenols is 1. The lowest BCUT2D eigenvalue weighted by atomic mass is 10.1. The summed E-state index contributed by atoms with van der Waals surface area (Å²) in [6.45, 7) is 0. The van der Waals surface area contributed by atoms with E-state index in [1.807, 2.05) is 0 Å². The van der Waals surface area contributed by atoms with Crippen molar-refractivity contribution in [3.63, 3.8) is 0 Å². The van der Waals surface area contributed by atoms with Crippen molar-refractivity contribution in [1.29, 1.82) is 0 Å². The van der Waals surface area contributed by atoms with Gasteiger partial charge in [0, 0.05) is 7.05 Å². The van der Waals surface area contributed by atoms with Crippen LogP contribution in [0.25, 0.3) is 0 Å². The third-order valence-corrected chi connectivity index (χ3v) is 2.50. The highest BCUT2D eigenvalue weighted by Crippen LogP contribution is 2.17. The van der Waals surface area contributed by atoms with E-state index in [4.69, 9.17) is 5.73 Å². The molecule has 6 nitrogen and oxygen atoms in total. The van der Waals surface area contributed by atoms with Gasteiger partial charge in [-0.05, 0) is 17.7 Å². The lowest BCUT2D eigenvalue weighted by molar-refractivity contribution is -0.115. The number of hydrogen-bond acceptors (Lipinski definition) is 4. The Labute approximate surface area is 104 Å². The van der Waals surface area contributed by atoms with Gasteiger partial charge in [-0.1, -0.05) is 12.1 Å². The first-order valence-corrected chi connectivity index (χ1v) is 5.41. The number of carbonyl (C=O) groups excluding carboxylic acids is 1. The molecule has 0 aliphatic rings. The molecular formula is C12H14N4O2. The smallest absolute Gasteiger partial charge is 0.229 e. The Bertz CT molecular complexity index is 558. The van der Waals surface area contributed by atoms with E-state index in [1.165, 1.54) is 10.9 Å². The van der Waals surface area contributed by atoms with E-state index in [2.05, 4.69) is 10.4 Å². The number of carbonyl (C=O) groups is 1. The molecule has 2 rings (SSSR count). The van der Waals surface area contributed by atoms with Crippen molar-refractivity contribution >= 4 is 17.4 Å². The number of nitrogen functional groups attached to an aromatic ring is 1. The molecule has 6 heteroatoms. The highest BCUT2D eigenvalue weighted by atomic mass is 16.3. The van der Waals surface area contributed by atoms with Gasteiger partial charge in [0.2, 0.25) is 5.91 Å². The fourth-order valence-corrected chi connectivity index (χ4v) is 1.64. The molecule has 1 amide bonds. The van der Waals surface area contributed by atoms with Gasteiger partial charge in [0.15, 0.2) is 5.82 Å². The number of nitrogens with two attached hydrogens (primary N) is 1. The zero-order chi connectivity index (χ0) is 13.1. The van der Waals surface area contributed by atoms with Crippen LogP contribution in [0.4, 0.5) is 11.5 Å². The van der Waals surface area contributed by atoms with Gasteiger partial charge < -0.3 is 16.2 Å². The Morgan fingerprint density at radius 2 is 2.33 bits per heavy atom. The molecule has 94 valence electrons. The van der Waals surface area contributed by atoms with Crippen LogP contribution in [-0.4, -0.2) is 20.8 Å². The molecule has 0 atom stereocenters. The zero-order valence-corrected chi connectivity index (χ0v) is 9.92. The summed E-state index contributed by atoms with van der Waals surface area (Å²) in [7, 11) is 1.69. The van der Waals surface area contributed by atoms with E-state index in [1.54, 1.807) is 31.3 Å². The molecule has 1 aromatic heterocycles. The summed E-state index contributed by atoms with van der Waals surface area (Å²) in [5, 5.41) is 15.9. The van der Waals surface area contributed by atoms with E-state index >= 15 is 0 Å². The summed E-state index contributed by atoms with van der Waals surface area (Å²) in [6, 6.07) is 6.56. The largest absolute Gasteiger partial charge is 0.508 e. The molecule has 4 N–H and O–H groups in total. The molecule has 0 fully saturated rings. The molecule has 0 radical (unpaired) electrons. The number of rotatable bonds is 3. The Morgan fingerprint density at radius 3 is 2.94 bits per heavy atom. The van der Waals surface area contributed by atoms with Crippen LogP contribution in [0, 0.1) is 0 Å². The maximum Gasteiger partial charge on any atom is 0.229 e. The van der Waals surface area contributed by atoms with Crippen molar-refractivity contribution in [3.05, 3.63) is 36.0 Å². The monoisotopic (exact) mass is 246 g/mol. The molecule has 0 spiro atoms. The lowest BCUT2D eigenvalue weighted by Crippen LogP contribution is -2.17. The predicted molar refractivity (Wildman–Crippen MR) is 68.1 cm³/mol. The van der Waals surface area contributed by atoms with Crippen LogP contribution >= 0.6 is 0 Å². The van der Waals surface area contributed by atoms with Crippen LogP contribution in [-0.2, 0) is 18.3 Å². The Hall–Kier alpha value is -2.50. The van der Waals surface area contributed by atoms with Crippen molar-refractivity contribution in [2.45, 2.75) is 6.42 Å². The summed E-state index contributed by atoms with van der Waals surface area (Å²) in [6.07, 6.45) is 1.64. The van der Waals surface area contributed by atoms with Crippen LogP contribution in [0.5, 0.6) is 5.75 Å². The fraction of sp³-hybridized carbons (Fsp3) is 0.167. The maximum atomic E-state index is 11.8. The first kappa shape index (κ1) is 12.0. The Kier molecular flexibility index (Phi) is 3.18. The maximum absolute atomic E-state index is 11.8. The minimum absolute atomic E-state index is 0.139. The van der Waals surface area contributed by atoms with Gasteiger partial charge in [0.05, 0.1) is 18.3 Å². The summed E-state index contributed by atoms with van der Waals surface area (Å²) in [5.41, 5.74) is 6.82. The minimum atomic E-state index is -0.212. The number of phenolic OH excluding ortho intramolecular Hbond substituents is 1. The summed E-state index contributed by atoms with van der Waals surface area (Å²) >= 11 is 0. The molecule has 0 bridgehead atoms. The number of nitrogens with one attached hydrogen (secondary N) is 1. The number of nitrogens with zero attached hydrogens (tertiary/aromatic N) is 2. The molecule has 1 aromatic carbocycles. The van der Waals surface area contributed by atoms with E-state index in [0.29, 0.717) is 11.5 Å². The molecule has 2 aromatic rings. The van der Waals surface area contributed by atoms with Gasteiger partial charge >= 0.3 is 0 Å². The van der Waals surface area contributed by atoms with Crippen molar-refractivity contribution in [3.8, 4) is 5.75 Å². The van der Waals surface area contributed by atoms with Crippen molar-refractivity contribution < 1.29 is 9.90 Å². The molecule has 1 heterocycles. The molecule has 0 saturated carbocycles. The summed E-state index contributed by atoms with van der Waals surface area (Å²) in [4.78, 5) is 11.8. The predicted octanol–water partition coefficient (Wildman–Crippen LogP) is 0.889. The third-order valence-electron chi connectivity index (χ3n) is 2.50. The Morgan fingerprint density at radius 1 is 1.56 bits per heavy atom. The average Bonchev–Trinajstić information content (AvgIpc) is 2.61. The van der Waals surface area contributed by atoms with Gasteiger partial charge in [-0.3, -0.25) is 9.48 Å². The number of aromatic nitrogens is 2. The minimum Gasteiger partial charge on any atom is -0.508 e. The molecule has 0 unspecified atom stereocenters. The first-order valence-electron chi connectivity index (χ1n) is 5.41. The number of hydrogen-bond donors (Lipinski definition) is 3. The Balaban J connectivity index is 2.06. The third kappa shape index (κ3) is 2.60. The molecule has 0 aliphatic carbocycles. The summed E-state index contributed by atoms with van der Waals surface area (Å²) < 4.78 is 1.50. The SMILES string of the molecule is Cn1ncc(N)c1NC(=O)Cc1cccc(O)c1. The van der Waals surface area contributed by atoms with Crippen LogP contribution in [0.2, 0.25) is 0 Å². The highest BCUT2D eigenvalue weighted by molar-refractivity contribution is 5.93. The van der Waals surface area contributed by atoms with Crippen LogP contribution in [0.15, 0.2) is 30.5 Å². The van der Waals surface area contributed by atoms with Gasteiger partial charge in [-0.25, -0.2) is 0 Å². The average molecular weight is 246 g/mol. The second-order valence-corrected chi connectivity index (χ2v) is 3.97. The topological polar surface area (TPSA) is 93.2 Å². The fourth-order valence-electron chi connectivity index (χ4n) is 1.64. The quantitative estimate of drug-likeness (QED) is 0.749. The van der Waals surface area contributed by atoms with Crippen LogP contribution < -0.4 is 11.1 Å². The van der Waals surface area contributed by atoms with E-state index in [9.17, 15) is 9.90 Å². The molecule has 0 saturated heterocycles. The van der Waals surface area contributed by atoms with Gasteiger partial charge in [-0.15, -0.1) is 0 Å². The number of aromatic hydroxyl groups is 1. The number of benzene rings is 1. The van der Waals surface area contributed by atoms with Crippen molar-refractivity contribution in [2.24, 2.45) is 7.05 Å². The zero-order valence-electron chi connectivity index (χ0n) is 9.92.